The lowest BCUT2D eigenvalue weighted by molar-refractivity contribution is -0.137. The molecule has 9 heteroatoms. The fourth-order valence-corrected chi connectivity index (χ4v) is 14.1. The molecule has 0 bridgehead atoms. The van der Waals surface area contributed by atoms with Gasteiger partial charge in [0.05, 0.1) is 12.7 Å². The van der Waals surface area contributed by atoms with Gasteiger partial charge in [0.15, 0.2) is 16.6 Å². The van der Waals surface area contributed by atoms with Crippen molar-refractivity contribution in [2.45, 2.75) is 52.0 Å². The minimum atomic E-state index is -4.45. The number of rotatable bonds is 6. The Kier molecular flexibility index (Phi) is 6.20. The molecule has 0 aliphatic rings. The first kappa shape index (κ1) is 21.4. The summed E-state index contributed by atoms with van der Waals surface area (Å²) >= 11 is 0. The Hall–Kier alpha value is -0.619. The smallest absolute Gasteiger partial charge is 0.416 e. The average molecular weight is 397 g/mol. The van der Waals surface area contributed by atoms with Crippen molar-refractivity contribution < 1.29 is 26.1 Å². The van der Waals surface area contributed by atoms with Gasteiger partial charge in [0, 0.05) is 0 Å². The Morgan fingerprint density at radius 3 is 1.58 bits per heavy atom. The van der Waals surface area contributed by atoms with Gasteiger partial charge in [-0.25, -0.2) is 0 Å². The maximum Gasteiger partial charge on any atom is 0.416 e. The van der Waals surface area contributed by atoms with Gasteiger partial charge in [0.1, 0.15) is 5.75 Å². The minimum Gasteiger partial charge on any atom is -0.497 e. The van der Waals surface area contributed by atoms with Crippen LogP contribution in [-0.4, -0.2) is 32.3 Å². The third-order valence-electron chi connectivity index (χ3n) is 3.00. The second kappa shape index (κ2) is 6.95. The highest BCUT2D eigenvalue weighted by atomic mass is 28.5. The number of hydrogen-bond donors (Lipinski definition) is 0. The molecule has 1 rings (SSSR count). The standard InChI is InChI=1S/C15H27F3O3Si3/c1-19-13-9-12(15(16,17)18)10-14(11-13)24(8,20-22(2,3)4)21-23(5,6)7/h9-11H,1-8H3. The molecule has 0 N–H and O–H groups in total. The Morgan fingerprint density at radius 1 is 0.792 bits per heavy atom. The highest BCUT2D eigenvalue weighted by Crippen LogP contribution is 2.32. The summed E-state index contributed by atoms with van der Waals surface area (Å²) in [4.78, 5) is 0. The monoisotopic (exact) mass is 396 g/mol. The van der Waals surface area contributed by atoms with Crippen LogP contribution in [-0.2, 0) is 14.4 Å². The van der Waals surface area contributed by atoms with Gasteiger partial charge in [-0.05, 0) is 69.2 Å². The first-order valence-electron chi connectivity index (χ1n) is 7.73. The zero-order valence-electron chi connectivity index (χ0n) is 15.6. The van der Waals surface area contributed by atoms with Crippen LogP contribution in [0.5, 0.6) is 5.75 Å². The molecule has 0 fully saturated rings. The van der Waals surface area contributed by atoms with Crippen molar-refractivity contribution in [1.29, 1.82) is 0 Å². The second-order valence-corrected chi connectivity index (χ2v) is 20.4. The third-order valence-corrected chi connectivity index (χ3v) is 12.3. The lowest BCUT2D eigenvalue weighted by Gasteiger charge is -2.39. The Balaban J connectivity index is 3.52. The largest absolute Gasteiger partial charge is 0.497 e. The van der Waals surface area contributed by atoms with E-state index in [0.29, 0.717) is 5.19 Å². The third kappa shape index (κ3) is 6.36. The van der Waals surface area contributed by atoms with Crippen molar-refractivity contribution in [3.8, 4) is 5.75 Å². The Bertz CT molecular complexity index is 562. The predicted octanol–water partition coefficient (Wildman–Crippen LogP) is 4.70. The van der Waals surface area contributed by atoms with E-state index in [9.17, 15) is 13.2 Å². The Morgan fingerprint density at radius 2 is 1.25 bits per heavy atom. The number of halogens is 3. The van der Waals surface area contributed by atoms with Crippen LogP contribution in [0.25, 0.3) is 0 Å². The normalized spacial score (nSPS) is 14.0. The molecule has 0 saturated heterocycles. The topological polar surface area (TPSA) is 27.7 Å². The zero-order chi connectivity index (χ0) is 19.0. The highest BCUT2D eigenvalue weighted by Gasteiger charge is 2.44. The van der Waals surface area contributed by atoms with Gasteiger partial charge in [0.25, 0.3) is 0 Å². The molecule has 0 aliphatic carbocycles. The van der Waals surface area contributed by atoms with E-state index in [-0.39, 0.29) is 5.75 Å². The zero-order valence-corrected chi connectivity index (χ0v) is 18.6. The van der Waals surface area contributed by atoms with E-state index in [1.54, 1.807) is 6.07 Å². The summed E-state index contributed by atoms with van der Waals surface area (Å²) in [6.07, 6.45) is -4.45. The summed E-state index contributed by atoms with van der Waals surface area (Å²) in [6.45, 7) is 13.9. The highest BCUT2D eigenvalue weighted by molar-refractivity contribution is 6.94. The number of benzene rings is 1. The maximum absolute atomic E-state index is 13.2. The van der Waals surface area contributed by atoms with E-state index in [1.165, 1.54) is 7.11 Å². The summed E-state index contributed by atoms with van der Waals surface area (Å²) in [5.41, 5.74) is -0.742. The number of ether oxygens (including phenoxy) is 1. The van der Waals surface area contributed by atoms with Crippen LogP contribution in [0, 0.1) is 0 Å². The molecule has 138 valence electrons. The Labute approximate surface area is 145 Å². The number of hydrogen-bond acceptors (Lipinski definition) is 3. The van der Waals surface area contributed by atoms with Gasteiger partial charge < -0.3 is 13.0 Å². The molecule has 3 nitrogen and oxygen atoms in total. The second-order valence-electron chi connectivity index (χ2n) is 7.82. The van der Waals surface area contributed by atoms with Crippen LogP contribution in [0.4, 0.5) is 13.2 Å². The molecule has 1 aromatic rings. The molecule has 0 unspecified atom stereocenters. The van der Waals surface area contributed by atoms with Crippen LogP contribution in [0.3, 0.4) is 0 Å². The quantitative estimate of drug-likeness (QED) is 0.653. The van der Waals surface area contributed by atoms with Crippen molar-refractivity contribution >= 4 is 30.4 Å². The maximum atomic E-state index is 13.2. The number of methoxy groups -OCH3 is 1. The molecular weight excluding hydrogens is 369 g/mol. The van der Waals surface area contributed by atoms with E-state index >= 15 is 0 Å². The molecular formula is C15H27F3O3Si3. The molecule has 0 spiro atoms. The summed E-state index contributed by atoms with van der Waals surface area (Å²) < 4.78 is 57.5. The summed E-state index contributed by atoms with van der Waals surface area (Å²) in [5, 5.41) is 0.457. The van der Waals surface area contributed by atoms with Crippen LogP contribution in [0.1, 0.15) is 5.56 Å². The van der Waals surface area contributed by atoms with E-state index < -0.39 is 36.9 Å². The van der Waals surface area contributed by atoms with Crippen molar-refractivity contribution in [2.75, 3.05) is 7.11 Å². The van der Waals surface area contributed by atoms with Crippen molar-refractivity contribution in [1.82, 2.24) is 0 Å². The molecule has 0 heterocycles. The fourth-order valence-electron chi connectivity index (χ4n) is 2.45. The molecule has 0 amide bonds. The van der Waals surface area contributed by atoms with E-state index in [1.807, 2.05) is 45.8 Å². The summed E-state index contributed by atoms with van der Waals surface area (Å²) in [7, 11) is -5.71. The van der Waals surface area contributed by atoms with Crippen LogP contribution in [0.15, 0.2) is 18.2 Å². The fraction of sp³-hybridized carbons (Fsp3) is 0.600. The average Bonchev–Trinajstić information content (AvgIpc) is 2.32. The lowest BCUT2D eigenvalue weighted by atomic mass is 10.2. The molecule has 0 saturated carbocycles. The van der Waals surface area contributed by atoms with Gasteiger partial charge >= 0.3 is 14.7 Å². The minimum absolute atomic E-state index is 0.164. The molecule has 24 heavy (non-hydrogen) atoms. The van der Waals surface area contributed by atoms with Gasteiger partial charge in [-0.15, -0.1) is 0 Å². The van der Waals surface area contributed by atoms with Gasteiger partial charge in [-0.2, -0.15) is 13.2 Å². The van der Waals surface area contributed by atoms with Gasteiger partial charge in [0.2, 0.25) is 0 Å². The molecule has 0 aliphatic heterocycles. The van der Waals surface area contributed by atoms with Crippen LogP contribution >= 0.6 is 0 Å². The van der Waals surface area contributed by atoms with Gasteiger partial charge in [-0.3, -0.25) is 0 Å². The molecule has 0 radical (unpaired) electrons. The van der Waals surface area contributed by atoms with Crippen LogP contribution < -0.4 is 9.92 Å². The first-order valence-corrected chi connectivity index (χ1v) is 16.9. The lowest BCUT2D eigenvalue weighted by Crippen LogP contribution is -2.60. The molecule has 0 aromatic heterocycles. The number of alkyl halides is 3. The van der Waals surface area contributed by atoms with E-state index in [0.717, 1.165) is 12.1 Å². The SMILES string of the molecule is COc1cc(C(F)(F)F)cc([Si](C)(O[Si](C)(C)C)O[Si](C)(C)C)c1. The van der Waals surface area contributed by atoms with Crippen molar-refractivity contribution in [3.63, 3.8) is 0 Å². The van der Waals surface area contributed by atoms with Crippen LogP contribution in [0.2, 0.25) is 45.8 Å². The molecule has 0 atom stereocenters. The van der Waals surface area contributed by atoms with E-state index in [4.69, 9.17) is 13.0 Å². The van der Waals surface area contributed by atoms with E-state index in [2.05, 4.69) is 0 Å². The first-order chi connectivity index (χ1) is 10.6. The van der Waals surface area contributed by atoms with Crippen molar-refractivity contribution in [2.24, 2.45) is 0 Å². The predicted molar refractivity (Wildman–Crippen MR) is 98.1 cm³/mol. The summed E-state index contributed by atoms with van der Waals surface area (Å²) in [6, 6.07) is 3.76. The molecule has 1 aromatic carbocycles. The summed E-state index contributed by atoms with van der Waals surface area (Å²) in [5.74, 6) is 0.164. The van der Waals surface area contributed by atoms with Crippen molar-refractivity contribution in [3.05, 3.63) is 23.8 Å². The van der Waals surface area contributed by atoms with Gasteiger partial charge in [-0.1, -0.05) is 0 Å².